The number of ketones is 1. The third-order valence-corrected chi connectivity index (χ3v) is 6.32. The van der Waals surface area contributed by atoms with E-state index in [4.69, 9.17) is 5.11 Å². The number of halogens is 2. The Bertz CT molecular complexity index is 1170. The molecule has 0 fully saturated rings. The lowest BCUT2D eigenvalue weighted by molar-refractivity contribution is -0.136. The molecule has 0 atom stereocenters. The van der Waals surface area contributed by atoms with Crippen LogP contribution in [0, 0.1) is 0 Å². The number of thiazole rings is 1. The zero-order valence-corrected chi connectivity index (χ0v) is 16.3. The van der Waals surface area contributed by atoms with Crippen LogP contribution in [0.2, 0.25) is 0 Å². The number of benzene rings is 2. The molecule has 0 radical (unpaired) electrons. The summed E-state index contributed by atoms with van der Waals surface area (Å²) in [5, 5.41) is 8.27. The summed E-state index contributed by atoms with van der Waals surface area (Å²) >= 11 is 0.778. The van der Waals surface area contributed by atoms with Crippen LogP contribution in [0.1, 0.15) is 34.6 Å². The van der Waals surface area contributed by atoms with Gasteiger partial charge >= 0.3 is 5.97 Å². The van der Waals surface area contributed by atoms with Gasteiger partial charge in [-0.1, -0.05) is 12.1 Å². The highest BCUT2D eigenvalue weighted by atomic mass is 32.2. The van der Waals surface area contributed by atoms with E-state index in [1.807, 2.05) is 0 Å². The second kappa shape index (κ2) is 8.21. The number of alkyl halides is 2. The number of aliphatic carboxylic acids is 1. The zero-order chi connectivity index (χ0) is 21.2. The van der Waals surface area contributed by atoms with E-state index >= 15 is 0 Å². The van der Waals surface area contributed by atoms with Crippen LogP contribution < -0.4 is 4.72 Å². The summed E-state index contributed by atoms with van der Waals surface area (Å²) in [5.41, 5.74) is 0.733. The van der Waals surface area contributed by atoms with E-state index in [0.29, 0.717) is 10.2 Å². The van der Waals surface area contributed by atoms with E-state index < -0.39 is 28.2 Å². The topological polar surface area (TPSA) is 113 Å². The standard InChI is InChI=1S/C18H14F2N2O5S2/c19-17(20)18-21-13-6-3-11(9-15(13)28-18)22-29(26,27)12-4-1-10(2-5-12)14(23)7-8-16(24)25/h1-6,9,17,22H,7-8H2,(H,24,25). The Hall–Kier alpha value is -2.92. The van der Waals surface area contributed by atoms with Gasteiger partial charge in [-0.05, 0) is 30.3 Å². The van der Waals surface area contributed by atoms with Crippen LogP contribution in [-0.4, -0.2) is 30.3 Å². The molecule has 0 spiro atoms. The highest BCUT2D eigenvalue weighted by molar-refractivity contribution is 7.92. The van der Waals surface area contributed by atoms with Crippen LogP contribution in [0.4, 0.5) is 14.5 Å². The normalized spacial score (nSPS) is 11.7. The molecule has 2 N–H and O–H groups in total. The van der Waals surface area contributed by atoms with Crippen LogP contribution in [-0.2, 0) is 14.8 Å². The molecule has 0 amide bonds. The molecule has 0 aliphatic carbocycles. The molecule has 7 nitrogen and oxygen atoms in total. The van der Waals surface area contributed by atoms with Crippen molar-refractivity contribution in [1.82, 2.24) is 4.98 Å². The van der Waals surface area contributed by atoms with E-state index in [0.717, 1.165) is 11.3 Å². The number of aromatic nitrogens is 1. The summed E-state index contributed by atoms with van der Waals surface area (Å²) in [5.74, 6) is -1.50. The third-order valence-electron chi connectivity index (χ3n) is 3.90. The molecule has 11 heteroatoms. The van der Waals surface area contributed by atoms with Crippen LogP contribution in [0.25, 0.3) is 10.2 Å². The fraction of sp³-hybridized carbons (Fsp3) is 0.167. The number of hydrogen-bond acceptors (Lipinski definition) is 6. The van der Waals surface area contributed by atoms with Crippen molar-refractivity contribution in [3.05, 3.63) is 53.0 Å². The van der Waals surface area contributed by atoms with E-state index in [2.05, 4.69) is 9.71 Å². The van der Waals surface area contributed by atoms with E-state index in [9.17, 15) is 26.8 Å². The molecular weight excluding hydrogens is 426 g/mol. The predicted molar refractivity (Wildman–Crippen MR) is 103 cm³/mol. The van der Waals surface area contributed by atoms with Crippen LogP contribution in [0.15, 0.2) is 47.4 Å². The van der Waals surface area contributed by atoms with E-state index in [-0.39, 0.29) is 34.0 Å². The average molecular weight is 440 g/mol. The van der Waals surface area contributed by atoms with E-state index in [1.54, 1.807) is 0 Å². The minimum Gasteiger partial charge on any atom is -0.481 e. The Kier molecular flexibility index (Phi) is 5.89. The molecule has 152 valence electrons. The first-order valence-electron chi connectivity index (χ1n) is 8.22. The predicted octanol–water partition coefficient (Wildman–Crippen LogP) is 4.08. The second-order valence-electron chi connectivity index (χ2n) is 5.98. The number of nitrogens with one attached hydrogen (secondary N) is 1. The third kappa shape index (κ3) is 4.93. The molecule has 0 aliphatic rings. The number of anilines is 1. The maximum Gasteiger partial charge on any atom is 0.303 e. The number of hydrogen-bond donors (Lipinski definition) is 2. The highest BCUT2D eigenvalue weighted by Gasteiger charge is 2.18. The number of carboxylic acids is 1. The molecular formula is C18H14F2N2O5S2. The molecule has 0 saturated heterocycles. The maximum absolute atomic E-state index is 12.8. The molecule has 0 bridgehead atoms. The van der Waals surface area contributed by atoms with Gasteiger partial charge in [0.25, 0.3) is 16.4 Å². The van der Waals surface area contributed by atoms with Crippen molar-refractivity contribution in [2.24, 2.45) is 0 Å². The monoisotopic (exact) mass is 440 g/mol. The molecule has 0 saturated carbocycles. The molecule has 3 aromatic rings. The first-order valence-corrected chi connectivity index (χ1v) is 10.5. The fourth-order valence-electron chi connectivity index (χ4n) is 2.50. The van der Waals surface area contributed by atoms with Gasteiger partial charge < -0.3 is 5.11 Å². The number of carboxylic acid groups (broad SMARTS) is 1. The second-order valence-corrected chi connectivity index (χ2v) is 8.73. The van der Waals surface area contributed by atoms with Gasteiger partial charge in [-0.2, -0.15) is 0 Å². The van der Waals surface area contributed by atoms with Crippen molar-refractivity contribution in [2.75, 3.05) is 4.72 Å². The SMILES string of the molecule is O=C(O)CCC(=O)c1ccc(S(=O)(=O)Nc2ccc3nc(C(F)F)sc3c2)cc1. The number of nitrogens with zero attached hydrogens (tertiary/aromatic N) is 1. The van der Waals surface area contributed by atoms with E-state index in [1.165, 1.54) is 42.5 Å². The zero-order valence-electron chi connectivity index (χ0n) is 14.6. The van der Waals surface area contributed by atoms with Crippen molar-refractivity contribution >= 4 is 49.0 Å². The number of sulfonamides is 1. The first-order chi connectivity index (χ1) is 13.7. The molecule has 1 heterocycles. The van der Waals surface area contributed by atoms with Gasteiger partial charge in [0.15, 0.2) is 10.8 Å². The van der Waals surface area contributed by atoms with Crippen molar-refractivity contribution in [3.63, 3.8) is 0 Å². The van der Waals surface area contributed by atoms with Crippen LogP contribution >= 0.6 is 11.3 Å². The quantitative estimate of drug-likeness (QED) is 0.510. The molecule has 0 unspecified atom stereocenters. The average Bonchev–Trinajstić information content (AvgIpc) is 3.09. The van der Waals surface area contributed by atoms with Crippen LogP contribution in [0.5, 0.6) is 0 Å². The Labute approximate surface area is 168 Å². The lowest BCUT2D eigenvalue weighted by atomic mass is 10.1. The Morgan fingerprint density at radius 2 is 1.79 bits per heavy atom. The lowest BCUT2D eigenvalue weighted by Gasteiger charge is -2.09. The molecule has 1 aromatic heterocycles. The van der Waals surface area contributed by atoms with Crippen molar-refractivity contribution in [1.29, 1.82) is 0 Å². The van der Waals surface area contributed by atoms with Gasteiger partial charge in [0.2, 0.25) is 0 Å². The van der Waals surface area contributed by atoms with Gasteiger partial charge in [0.05, 0.1) is 27.2 Å². The Morgan fingerprint density at radius 1 is 1.10 bits per heavy atom. The number of carbonyl (C=O) groups excluding carboxylic acids is 1. The van der Waals surface area contributed by atoms with Gasteiger partial charge in [-0.3, -0.25) is 14.3 Å². The minimum absolute atomic E-state index is 0.107. The van der Waals surface area contributed by atoms with Gasteiger partial charge in [0.1, 0.15) is 0 Å². The number of rotatable bonds is 8. The summed E-state index contributed by atoms with van der Waals surface area (Å²) in [7, 11) is -3.98. The summed E-state index contributed by atoms with van der Waals surface area (Å²) in [6.45, 7) is 0. The molecule has 3 rings (SSSR count). The Morgan fingerprint density at radius 3 is 2.41 bits per heavy atom. The lowest BCUT2D eigenvalue weighted by Crippen LogP contribution is -2.13. The summed E-state index contributed by atoms with van der Waals surface area (Å²) < 4.78 is 53.4. The minimum atomic E-state index is -3.98. The number of carbonyl (C=O) groups is 2. The fourth-order valence-corrected chi connectivity index (χ4v) is 4.41. The van der Waals surface area contributed by atoms with Crippen molar-refractivity contribution in [3.8, 4) is 0 Å². The maximum atomic E-state index is 12.8. The summed E-state index contributed by atoms with van der Waals surface area (Å²) in [6, 6.07) is 9.35. The van der Waals surface area contributed by atoms with Gasteiger partial charge in [0, 0.05) is 12.0 Å². The smallest absolute Gasteiger partial charge is 0.303 e. The largest absolute Gasteiger partial charge is 0.481 e. The Balaban J connectivity index is 1.77. The van der Waals surface area contributed by atoms with Crippen LogP contribution in [0.3, 0.4) is 0 Å². The first kappa shape index (κ1) is 20.8. The molecule has 2 aromatic carbocycles. The molecule has 29 heavy (non-hydrogen) atoms. The highest BCUT2D eigenvalue weighted by Crippen LogP contribution is 2.31. The molecule has 0 aliphatic heterocycles. The summed E-state index contributed by atoms with van der Waals surface area (Å²) in [6.07, 6.45) is -3.20. The van der Waals surface area contributed by atoms with Crippen molar-refractivity contribution in [2.45, 2.75) is 24.2 Å². The van der Waals surface area contributed by atoms with Crippen molar-refractivity contribution < 1.29 is 31.9 Å². The number of Topliss-reactive ketones (excluding diaryl/α,β-unsaturated/α-hetero) is 1. The van der Waals surface area contributed by atoms with Gasteiger partial charge in [-0.15, -0.1) is 11.3 Å². The summed E-state index contributed by atoms with van der Waals surface area (Å²) in [4.78, 5) is 26.1. The van der Waals surface area contributed by atoms with Gasteiger partial charge in [-0.25, -0.2) is 22.2 Å². The number of fused-ring (bicyclic) bond motifs is 1.